The summed E-state index contributed by atoms with van der Waals surface area (Å²) in [6.45, 7) is 5.40. The number of thiazole rings is 1. The van der Waals surface area contributed by atoms with Gasteiger partial charge in [-0.25, -0.2) is 14.8 Å². The van der Waals surface area contributed by atoms with Crippen LogP contribution in [0.1, 0.15) is 29.3 Å². The van der Waals surface area contributed by atoms with Crippen molar-refractivity contribution in [1.29, 1.82) is 0 Å². The lowest BCUT2D eigenvalue weighted by Crippen LogP contribution is -2.22. The smallest absolute Gasteiger partial charge is 0.363 e. The Morgan fingerprint density at radius 1 is 1.16 bits per heavy atom. The molecule has 3 aromatic rings. The third-order valence-corrected chi connectivity index (χ3v) is 5.54. The quantitative estimate of drug-likeness (QED) is 0.391. The molecule has 1 aromatic heterocycles. The molecular weight excluding hydrogens is 434 g/mol. The van der Waals surface area contributed by atoms with E-state index < -0.39 is 5.97 Å². The Morgan fingerprint density at radius 2 is 1.90 bits per heavy atom. The van der Waals surface area contributed by atoms with E-state index in [9.17, 15) is 9.59 Å². The number of ether oxygens (including phenoxy) is 1. The van der Waals surface area contributed by atoms with Gasteiger partial charge in [-0.15, -0.1) is 11.3 Å². The second-order valence-corrected chi connectivity index (χ2v) is 8.37. The third kappa shape index (κ3) is 4.57. The predicted octanol–water partition coefficient (Wildman–Crippen LogP) is 5.44. The number of aryl methyl sites for hydroxylation is 2. The van der Waals surface area contributed by atoms with Crippen molar-refractivity contribution in [3.63, 3.8) is 0 Å². The number of esters is 1. The number of hydrogen-bond donors (Lipinski definition) is 0. The Labute approximate surface area is 188 Å². The highest BCUT2D eigenvalue weighted by atomic mass is 35.5. The van der Waals surface area contributed by atoms with Gasteiger partial charge < -0.3 is 4.74 Å². The van der Waals surface area contributed by atoms with Crippen molar-refractivity contribution < 1.29 is 14.3 Å². The fraction of sp³-hybridized carbons (Fsp3) is 0.130. The molecule has 0 radical (unpaired) electrons. The number of nitrogens with zero attached hydrogens (tertiary/aromatic N) is 3. The van der Waals surface area contributed by atoms with Gasteiger partial charge >= 0.3 is 5.97 Å². The third-order valence-electron chi connectivity index (χ3n) is 4.46. The first-order valence-electron chi connectivity index (χ1n) is 9.43. The van der Waals surface area contributed by atoms with Crippen LogP contribution in [0, 0.1) is 13.8 Å². The average Bonchev–Trinajstić information content (AvgIpc) is 3.28. The monoisotopic (exact) mass is 451 g/mol. The second kappa shape index (κ2) is 8.45. The number of amides is 1. The van der Waals surface area contributed by atoms with Crippen molar-refractivity contribution in [3.05, 3.63) is 80.9 Å². The maximum absolute atomic E-state index is 12.3. The van der Waals surface area contributed by atoms with Crippen molar-refractivity contribution in [2.45, 2.75) is 20.8 Å². The van der Waals surface area contributed by atoms with Crippen LogP contribution in [0.5, 0.6) is 0 Å². The van der Waals surface area contributed by atoms with E-state index in [1.54, 1.807) is 35.7 Å². The lowest BCUT2D eigenvalue weighted by Gasteiger charge is -2.18. The van der Waals surface area contributed by atoms with Crippen molar-refractivity contribution >= 4 is 57.6 Å². The molecule has 0 aliphatic carbocycles. The van der Waals surface area contributed by atoms with Crippen LogP contribution in [0.2, 0.25) is 5.02 Å². The number of halogens is 1. The molecule has 4 rings (SSSR count). The molecule has 0 unspecified atom stereocenters. The number of carbonyl (C=O) groups excluding carboxylic acids is 2. The lowest BCUT2D eigenvalue weighted by atomic mass is 10.1. The molecule has 1 aliphatic rings. The number of cyclic esters (lactones) is 1. The summed E-state index contributed by atoms with van der Waals surface area (Å²) in [4.78, 5) is 34.9. The molecule has 0 atom stereocenters. The Hall–Kier alpha value is -3.29. The molecular formula is C23H18ClN3O3S. The molecule has 0 fully saturated rings. The molecule has 8 heteroatoms. The van der Waals surface area contributed by atoms with Crippen LogP contribution in [-0.4, -0.2) is 22.8 Å². The Balaban J connectivity index is 1.65. The number of benzene rings is 2. The van der Waals surface area contributed by atoms with Crippen LogP contribution in [0.4, 0.5) is 10.8 Å². The van der Waals surface area contributed by atoms with E-state index >= 15 is 0 Å². The maximum atomic E-state index is 12.3. The Kier molecular flexibility index (Phi) is 5.71. The van der Waals surface area contributed by atoms with Crippen LogP contribution in [0.25, 0.3) is 6.08 Å². The van der Waals surface area contributed by atoms with Crippen LogP contribution in [0.15, 0.2) is 58.5 Å². The molecule has 0 saturated heterocycles. The highest BCUT2D eigenvalue weighted by Crippen LogP contribution is 2.31. The van der Waals surface area contributed by atoms with E-state index in [4.69, 9.17) is 16.3 Å². The molecule has 2 aromatic carbocycles. The lowest BCUT2D eigenvalue weighted by molar-refractivity contribution is -0.130. The summed E-state index contributed by atoms with van der Waals surface area (Å²) < 4.78 is 5.36. The first-order valence-corrected chi connectivity index (χ1v) is 10.7. The normalized spacial score (nSPS) is 14.5. The maximum Gasteiger partial charge on any atom is 0.363 e. The van der Waals surface area contributed by atoms with Crippen molar-refractivity contribution in [3.8, 4) is 0 Å². The second-order valence-electron chi connectivity index (χ2n) is 7.10. The van der Waals surface area contributed by atoms with Crippen molar-refractivity contribution in [2.24, 2.45) is 4.99 Å². The minimum atomic E-state index is -0.540. The van der Waals surface area contributed by atoms with Gasteiger partial charge in [-0.3, -0.25) is 9.69 Å². The summed E-state index contributed by atoms with van der Waals surface area (Å²) in [5, 5.41) is 2.73. The zero-order chi connectivity index (χ0) is 22.1. The van der Waals surface area contributed by atoms with Gasteiger partial charge in [-0.05, 0) is 50.3 Å². The summed E-state index contributed by atoms with van der Waals surface area (Å²) in [7, 11) is 0. The Morgan fingerprint density at radius 3 is 2.58 bits per heavy atom. The zero-order valence-corrected chi connectivity index (χ0v) is 18.6. The summed E-state index contributed by atoms with van der Waals surface area (Å²) in [6.07, 6.45) is 1.55. The van der Waals surface area contributed by atoms with E-state index in [2.05, 4.69) is 9.98 Å². The first kappa shape index (κ1) is 21.0. The fourth-order valence-corrected chi connectivity index (χ4v) is 4.29. The molecule has 0 N–H and O–H groups in total. The number of carbonyl (C=O) groups is 2. The SMILES string of the molecule is CC(=O)N(c1cccc(Cl)c1)c1nc(/C=C2/N=C(c3cc(C)cc(C)c3)OC2=O)cs1. The first-order chi connectivity index (χ1) is 14.8. The largest absolute Gasteiger partial charge is 0.402 e. The van der Waals surface area contributed by atoms with Crippen LogP contribution in [0.3, 0.4) is 0 Å². The molecule has 0 saturated carbocycles. The van der Waals surface area contributed by atoms with Crippen LogP contribution in [-0.2, 0) is 14.3 Å². The minimum Gasteiger partial charge on any atom is -0.402 e. The summed E-state index contributed by atoms with van der Waals surface area (Å²) in [6, 6.07) is 12.8. The van der Waals surface area contributed by atoms with Gasteiger partial charge in [0.1, 0.15) is 0 Å². The summed E-state index contributed by atoms with van der Waals surface area (Å²) >= 11 is 7.35. The van der Waals surface area contributed by atoms with E-state index in [0.717, 1.165) is 16.7 Å². The molecule has 0 bridgehead atoms. The number of rotatable bonds is 4. The van der Waals surface area contributed by atoms with Gasteiger partial charge in [0.05, 0.1) is 11.4 Å². The van der Waals surface area contributed by atoms with Crippen molar-refractivity contribution in [1.82, 2.24) is 4.98 Å². The van der Waals surface area contributed by atoms with Gasteiger partial charge in [-0.2, -0.15) is 0 Å². The van der Waals surface area contributed by atoms with Crippen LogP contribution >= 0.6 is 22.9 Å². The highest BCUT2D eigenvalue weighted by molar-refractivity contribution is 7.14. The standard InChI is InChI=1S/C23H18ClN3O3S/c1-13-7-14(2)9-16(8-13)21-26-20(22(29)30-21)11-18-12-31-23(25-18)27(15(3)28)19-6-4-5-17(24)10-19/h4-12H,1-3H3/b20-11+. The van der Waals surface area contributed by atoms with Gasteiger partial charge in [0.25, 0.3) is 0 Å². The minimum absolute atomic E-state index is 0.156. The fourth-order valence-electron chi connectivity index (χ4n) is 3.26. The molecule has 1 amide bonds. The van der Waals surface area contributed by atoms with E-state index in [1.807, 2.05) is 32.0 Å². The summed E-state index contributed by atoms with van der Waals surface area (Å²) in [5.74, 6) is -0.476. The molecule has 156 valence electrons. The van der Waals surface area contributed by atoms with Gasteiger partial charge in [0.2, 0.25) is 11.8 Å². The highest BCUT2D eigenvalue weighted by Gasteiger charge is 2.25. The number of aromatic nitrogens is 1. The predicted molar refractivity (Wildman–Crippen MR) is 123 cm³/mol. The molecule has 31 heavy (non-hydrogen) atoms. The molecule has 2 heterocycles. The van der Waals surface area contributed by atoms with Gasteiger partial charge in [0.15, 0.2) is 10.8 Å². The molecule has 0 spiro atoms. The average molecular weight is 452 g/mol. The van der Waals surface area contributed by atoms with E-state index in [0.29, 0.717) is 21.5 Å². The van der Waals surface area contributed by atoms with Gasteiger partial charge in [0, 0.05) is 22.9 Å². The number of aliphatic imine (C=N–C) groups is 1. The number of hydrogen-bond acceptors (Lipinski definition) is 6. The van der Waals surface area contributed by atoms with Crippen LogP contribution < -0.4 is 4.90 Å². The van der Waals surface area contributed by atoms with Crippen molar-refractivity contribution in [2.75, 3.05) is 4.90 Å². The Bertz CT molecular complexity index is 1240. The van der Waals surface area contributed by atoms with E-state index in [1.165, 1.54) is 23.2 Å². The number of anilines is 2. The summed E-state index contributed by atoms with van der Waals surface area (Å²) in [5.41, 5.74) is 4.14. The molecule has 1 aliphatic heterocycles. The van der Waals surface area contributed by atoms with Gasteiger partial charge in [-0.1, -0.05) is 34.9 Å². The topological polar surface area (TPSA) is 71.9 Å². The molecule has 6 nitrogen and oxygen atoms in total. The zero-order valence-electron chi connectivity index (χ0n) is 17.0. The van der Waals surface area contributed by atoms with E-state index in [-0.39, 0.29) is 17.5 Å².